The van der Waals surface area contributed by atoms with Gasteiger partial charge in [0.2, 0.25) is 0 Å². The van der Waals surface area contributed by atoms with Crippen LogP contribution in [0.5, 0.6) is 0 Å². The highest BCUT2D eigenvalue weighted by molar-refractivity contribution is 6.04. The summed E-state index contributed by atoms with van der Waals surface area (Å²) in [6, 6.07) is 7.77. The van der Waals surface area contributed by atoms with Crippen LogP contribution in [0.3, 0.4) is 0 Å². The van der Waals surface area contributed by atoms with Crippen LogP contribution < -0.4 is 10.2 Å². The predicted molar refractivity (Wildman–Crippen MR) is 80.1 cm³/mol. The molecule has 0 saturated carbocycles. The van der Waals surface area contributed by atoms with Gasteiger partial charge in [0.1, 0.15) is 11.5 Å². The lowest BCUT2D eigenvalue weighted by molar-refractivity contribution is 0.0988. The molecule has 2 rings (SSSR count). The highest BCUT2D eigenvalue weighted by Gasteiger charge is 2.15. The smallest absolute Gasteiger partial charge is 0.278 e. The second-order valence-electron chi connectivity index (χ2n) is 4.52. The molecule has 5 heteroatoms. The van der Waals surface area contributed by atoms with Gasteiger partial charge in [-0.3, -0.25) is 4.79 Å². The highest BCUT2D eigenvalue weighted by Crippen LogP contribution is 2.16. The molecular weight excluding hydrogens is 252 g/mol. The van der Waals surface area contributed by atoms with Crippen molar-refractivity contribution in [2.75, 3.05) is 23.8 Å². The Labute approximate surface area is 118 Å². The van der Waals surface area contributed by atoms with Gasteiger partial charge in [-0.2, -0.15) is 0 Å². The Bertz CT molecular complexity index is 595. The van der Waals surface area contributed by atoms with Crippen molar-refractivity contribution < 1.29 is 4.79 Å². The van der Waals surface area contributed by atoms with E-state index in [4.69, 9.17) is 0 Å². The zero-order valence-corrected chi connectivity index (χ0v) is 11.9. The summed E-state index contributed by atoms with van der Waals surface area (Å²) in [7, 11) is 1.73. The number of hydrogen-bond acceptors (Lipinski definition) is 4. The van der Waals surface area contributed by atoms with E-state index < -0.39 is 0 Å². The molecule has 0 spiro atoms. The maximum atomic E-state index is 12.3. The molecule has 0 aliphatic carbocycles. The Balaban J connectivity index is 2.18. The van der Waals surface area contributed by atoms with Gasteiger partial charge in [0.25, 0.3) is 5.91 Å². The summed E-state index contributed by atoms with van der Waals surface area (Å²) in [5, 5.41) is 3.04. The SMILES string of the molecule is CCNc1cnc(C(=O)N(C)c2cccc(C)c2)cn1. The van der Waals surface area contributed by atoms with E-state index in [1.54, 1.807) is 18.1 Å². The Morgan fingerprint density at radius 1 is 1.30 bits per heavy atom. The van der Waals surface area contributed by atoms with E-state index in [2.05, 4.69) is 15.3 Å². The zero-order chi connectivity index (χ0) is 14.5. The van der Waals surface area contributed by atoms with Gasteiger partial charge in [-0.15, -0.1) is 0 Å². The molecule has 0 radical (unpaired) electrons. The molecule has 0 atom stereocenters. The first-order chi connectivity index (χ1) is 9.61. The van der Waals surface area contributed by atoms with E-state index in [0.717, 1.165) is 17.8 Å². The van der Waals surface area contributed by atoms with Gasteiger partial charge in [-0.05, 0) is 31.5 Å². The molecule has 5 nitrogen and oxygen atoms in total. The first-order valence-electron chi connectivity index (χ1n) is 6.52. The lowest BCUT2D eigenvalue weighted by Crippen LogP contribution is -2.27. The van der Waals surface area contributed by atoms with E-state index in [0.29, 0.717) is 11.5 Å². The number of aromatic nitrogens is 2. The van der Waals surface area contributed by atoms with E-state index in [1.165, 1.54) is 6.20 Å². The van der Waals surface area contributed by atoms with Crippen LogP contribution in [-0.4, -0.2) is 29.5 Å². The zero-order valence-electron chi connectivity index (χ0n) is 11.9. The topological polar surface area (TPSA) is 58.1 Å². The highest BCUT2D eigenvalue weighted by atomic mass is 16.2. The number of nitrogens with zero attached hydrogens (tertiary/aromatic N) is 3. The molecule has 1 aromatic carbocycles. The van der Waals surface area contributed by atoms with Crippen molar-refractivity contribution in [2.24, 2.45) is 0 Å². The third kappa shape index (κ3) is 3.12. The summed E-state index contributed by atoms with van der Waals surface area (Å²) < 4.78 is 0. The van der Waals surface area contributed by atoms with Crippen molar-refractivity contribution in [3.05, 3.63) is 47.9 Å². The minimum Gasteiger partial charge on any atom is -0.369 e. The predicted octanol–water partition coefficient (Wildman–Crippen LogP) is 2.49. The molecule has 1 amide bonds. The Morgan fingerprint density at radius 3 is 2.70 bits per heavy atom. The Morgan fingerprint density at radius 2 is 2.10 bits per heavy atom. The Hall–Kier alpha value is -2.43. The van der Waals surface area contributed by atoms with Gasteiger partial charge in [-0.25, -0.2) is 9.97 Å². The average molecular weight is 270 g/mol. The van der Waals surface area contributed by atoms with Crippen molar-refractivity contribution >= 4 is 17.4 Å². The first kappa shape index (κ1) is 14.0. The monoisotopic (exact) mass is 270 g/mol. The third-order valence-electron chi connectivity index (χ3n) is 2.92. The molecule has 2 aromatic rings. The van der Waals surface area contributed by atoms with Crippen LogP contribution in [0.4, 0.5) is 11.5 Å². The number of rotatable bonds is 4. The summed E-state index contributed by atoms with van der Waals surface area (Å²) in [5.74, 6) is 0.494. The largest absolute Gasteiger partial charge is 0.369 e. The number of anilines is 2. The van der Waals surface area contributed by atoms with Crippen LogP contribution in [0, 0.1) is 6.92 Å². The molecule has 1 aromatic heterocycles. The number of carbonyl (C=O) groups excluding carboxylic acids is 1. The standard InChI is InChI=1S/C15H18N4O/c1-4-16-14-10-17-13(9-18-14)15(20)19(3)12-7-5-6-11(2)8-12/h5-10H,4H2,1-3H3,(H,16,18). The van der Waals surface area contributed by atoms with E-state index in [-0.39, 0.29) is 5.91 Å². The van der Waals surface area contributed by atoms with Gasteiger partial charge >= 0.3 is 0 Å². The molecule has 1 heterocycles. The number of amides is 1. The fourth-order valence-electron chi connectivity index (χ4n) is 1.84. The normalized spacial score (nSPS) is 10.2. The molecular formula is C15H18N4O. The van der Waals surface area contributed by atoms with Crippen LogP contribution in [0.1, 0.15) is 23.0 Å². The minimum absolute atomic E-state index is 0.175. The van der Waals surface area contributed by atoms with Crippen molar-refractivity contribution in [1.82, 2.24) is 9.97 Å². The third-order valence-corrected chi connectivity index (χ3v) is 2.92. The molecule has 1 N–H and O–H groups in total. The van der Waals surface area contributed by atoms with Gasteiger partial charge in [0, 0.05) is 19.3 Å². The van der Waals surface area contributed by atoms with E-state index in [9.17, 15) is 4.79 Å². The van der Waals surface area contributed by atoms with Crippen molar-refractivity contribution in [2.45, 2.75) is 13.8 Å². The van der Waals surface area contributed by atoms with Crippen molar-refractivity contribution in [3.8, 4) is 0 Å². The lowest BCUT2D eigenvalue weighted by atomic mass is 10.2. The fourth-order valence-corrected chi connectivity index (χ4v) is 1.84. The fraction of sp³-hybridized carbons (Fsp3) is 0.267. The van der Waals surface area contributed by atoms with Gasteiger partial charge in [0.15, 0.2) is 0 Å². The molecule has 0 unspecified atom stereocenters. The van der Waals surface area contributed by atoms with E-state index in [1.807, 2.05) is 38.1 Å². The molecule has 0 fully saturated rings. The van der Waals surface area contributed by atoms with Crippen molar-refractivity contribution in [3.63, 3.8) is 0 Å². The first-order valence-corrected chi connectivity index (χ1v) is 6.52. The molecule has 0 bridgehead atoms. The number of benzene rings is 1. The van der Waals surface area contributed by atoms with Crippen LogP contribution in [0.25, 0.3) is 0 Å². The van der Waals surface area contributed by atoms with Crippen LogP contribution >= 0.6 is 0 Å². The number of nitrogens with one attached hydrogen (secondary N) is 1. The summed E-state index contributed by atoms with van der Waals surface area (Å²) in [6.07, 6.45) is 3.06. The number of carbonyl (C=O) groups is 1. The summed E-state index contributed by atoms with van der Waals surface area (Å²) in [6.45, 7) is 4.74. The van der Waals surface area contributed by atoms with Crippen molar-refractivity contribution in [1.29, 1.82) is 0 Å². The molecule has 0 saturated heterocycles. The van der Waals surface area contributed by atoms with Gasteiger partial charge in [0.05, 0.1) is 12.4 Å². The number of hydrogen-bond donors (Lipinski definition) is 1. The average Bonchev–Trinajstić information content (AvgIpc) is 2.47. The van der Waals surface area contributed by atoms with Gasteiger partial charge in [-0.1, -0.05) is 12.1 Å². The van der Waals surface area contributed by atoms with Crippen LogP contribution in [0.15, 0.2) is 36.7 Å². The summed E-state index contributed by atoms with van der Waals surface area (Å²) in [5.41, 5.74) is 2.28. The summed E-state index contributed by atoms with van der Waals surface area (Å²) >= 11 is 0. The van der Waals surface area contributed by atoms with E-state index >= 15 is 0 Å². The van der Waals surface area contributed by atoms with Crippen LogP contribution in [0.2, 0.25) is 0 Å². The van der Waals surface area contributed by atoms with Gasteiger partial charge < -0.3 is 10.2 Å². The maximum absolute atomic E-state index is 12.3. The molecule has 104 valence electrons. The second-order valence-corrected chi connectivity index (χ2v) is 4.52. The van der Waals surface area contributed by atoms with Crippen LogP contribution in [-0.2, 0) is 0 Å². The molecule has 0 aliphatic rings. The summed E-state index contributed by atoms with van der Waals surface area (Å²) in [4.78, 5) is 22.2. The molecule has 20 heavy (non-hydrogen) atoms. The lowest BCUT2D eigenvalue weighted by Gasteiger charge is -2.17. The Kier molecular flexibility index (Phi) is 4.30. The molecule has 0 aliphatic heterocycles. The number of aryl methyl sites for hydroxylation is 1. The quantitative estimate of drug-likeness (QED) is 0.927. The second kappa shape index (κ2) is 6.14. The minimum atomic E-state index is -0.175. The maximum Gasteiger partial charge on any atom is 0.278 e.